The van der Waals surface area contributed by atoms with Crippen molar-refractivity contribution >= 4 is 17.5 Å². The molecule has 0 saturated carbocycles. The lowest BCUT2D eigenvalue weighted by Gasteiger charge is -2.21. The molecule has 0 N–H and O–H groups in total. The van der Waals surface area contributed by atoms with Crippen molar-refractivity contribution in [2.24, 2.45) is 0 Å². The van der Waals surface area contributed by atoms with Crippen LogP contribution in [-0.2, 0) is 17.8 Å². The fourth-order valence-corrected chi connectivity index (χ4v) is 3.66. The van der Waals surface area contributed by atoms with Gasteiger partial charge in [-0.25, -0.2) is 4.39 Å². The molecule has 0 atom stereocenters. The molecule has 1 saturated heterocycles. The van der Waals surface area contributed by atoms with Gasteiger partial charge in [0.15, 0.2) is 0 Å². The molecule has 0 radical (unpaired) electrons. The Hall–Kier alpha value is -2.77. The average Bonchev–Trinajstić information content (AvgIpc) is 3.06. The fraction of sp³-hybridized carbons (Fsp3) is 0.318. The number of hydrogen-bond acceptors (Lipinski definition) is 5. The minimum Gasteiger partial charge on any atom is -0.341 e. The van der Waals surface area contributed by atoms with Crippen molar-refractivity contribution in [3.05, 3.63) is 70.8 Å². The van der Waals surface area contributed by atoms with Crippen molar-refractivity contribution in [3.8, 4) is 11.4 Å². The van der Waals surface area contributed by atoms with Gasteiger partial charge < -0.3 is 9.42 Å². The summed E-state index contributed by atoms with van der Waals surface area (Å²) >= 11 is 5.92. The summed E-state index contributed by atoms with van der Waals surface area (Å²) in [5.41, 5.74) is 1.54. The Morgan fingerprint density at radius 1 is 1.10 bits per heavy atom. The van der Waals surface area contributed by atoms with E-state index >= 15 is 0 Å². The summed E-state index contributed by atoms with van der Waals surface area (Å²) in [4.78, 5) is 21.1. The van der Waals surface area contributed by atoms with Crippen molar-refractivity contribution in [3.63, 3.8) is 0 Å². The average molecular weight is 429 g/mol. The fourth-order valence-electron chi connectivity index (χ4n) is 3.54. The maximum atomic E-state index is 13.4. The third-order valence-corrected chi connectivity index (χ3v) is 5.37. The molecule has 1 aliphatic heterocycles. The minimum atomic E-state index is -0.320. The summed E-state index contributed by atoms with van der Waals surface area (Å²) in [6.45, 7) is 3.39. The molecule has 156 valence electrons. The molecule has 0 bridgehead atoms. The van der Waals surface area contributed by atoms with E-state index in [-0.39, 0.29) is 18.1 Å². The summed E-state index contributed by atoms with van der Waals surface area (Å²) in [5.74, 6) is 0.771. The first-order valence-electron chi connectivity index (χ1n) is 9.90. The van der Waals surface area contributed by atoms with Gasteiger partial charge in [-0.05, 0) is 48.4 Å². The van der Waals surface area contributed by atoms with Crippen LogP contribution in [0.15, 0.2) is 53.1 Å². The molecule has 0 aliphatic carbocycles. The lowest BCUT2D eigenvalue weighted by Crippen LogP contribution is -2.36. The highest BCUT2D eigenvalue weighted by Crippen LogP contribution is 2.19. The number of aromatic nitrogens is 2. The molecule has 1 aliphatic rings. The lowest BCUT2D eigenvalue weighted by atomic mass is 10.1. The first-order chi connectivity index (χ1) is 14.6. The van der Waals surface area contributed by atoms with Gasteiger partial charge in [-0.15, -0.1) is 0 Å². The van der Waals surface area contributed by atoms with Crippen molar-refractivity contribution in [1.29, 1.82) is 0 Å². The first-order valence-corrected chi connectivity index (χ1v) is 10.3. The molecule has 1 aromatic heterocycles. The van der Waals surface area contributed by atoms with Crippen LogP contribution >= 0.6 is 11.6 Å². The Morgan fingerprint density at radius 2 is 1.93 bits per heavy atom. The first kappa shape index (κ1) is 20.5. The Balaban J connectivity index is 1.32. The minimum absolute atomic E-state index is 0.0188. The topological polar surface area (TPSA) is 62.5 Å². The van der Waals surface area contributed by atoms with Crippen molar-refractivity contribution in [2.75, 3.05) is 26.2 Å². The Labute approximate surface area is 179 Å². The largest absolute Gasteiger partial charge is 0.341 e. The van der Waals surface area contributed by atoms with Crippen LogP contribution in [0.1, 0.15) is 17.9 Å². The monoisotopic (exact) mass is 428 g/mol. The predicted octanol–water partition coefficient (Wildman–Crippen LogP) is 3.81. The number of carbonyl (C=O) groups excluding carboxylic acids is 1. The SMILES string of the molecule is O=C(Cc1cccc(F)c1)N1CCCN(Cc2nc(-c3ccc(Cl)cc3)no2)CC1. The van der Waals surface area contributed by atoms with Crippen molar-refractivity contribution in [1.82, 2.24) is 19.9 Å². The molecule has 2 heterocycles. The summed E-state index contributed by atoms with van der Waals surface area (Å²) in [5, 5.41) is 4.71. The molecule has 0 spiro atoms. The summed E-state index contributed by atoms with van der Waals surface area (Å²) < 4.78 is 18.8. The summed E-state index contributed by atoms with van der Waals surface area (Å²) in [6, 6.07) is 13.5. The van der Waals surface area contributed by atoms with Crippen LogP contribution in [0.3, 0.4) is 0 Å². The number of nitrogens with zero attached hydrogens (tertiary/aromatic N) is 4. The molecule has 1 fully saturated rings. The van der Waals surface area contributed by atoms with E-state index in [1.807, 2.05) is 17.0 Å². The Bertz CT molecular complexity index is 1010. The van der Waals surface area contributed by atoms with Gasteiger partial charge in [0.1, 0.15) is 5.82 Å². The molecule has 4 rings (SSSR count). The predicted molar refractivity (Wildman–Crippen MR) is 111 cm³/mol. The van der Waals surface area contributed by atoms with E-state index < -0.39 is 0 Å². The second-order valence-electron chi connectivity index (χ2n) is 7.34. The van der Waals surface area contributed by atoms with E-state index in [1.54, 1.807) is 24.3 Å². The number of halogens is 2. The van der Waals surface area contributed by atoms with Crippen LogP contribution in [0.4, 0.5) is 4.39 Å². The molecule has 0 unspecified atom stereocenters. The molecule has 6 nitrogen and oxygen atoms in total. The molecule has 1 amide bonds. The molecular weight excluding hydrogens is 407 g/mol. The Kier molecular flexibility index (Phi) is 6.40. The third kappa shape index (κ3) is 5.23. The highest BCUT2D eigenvalue weighted by Gasteiger charge is 2.21. The highest BCUT2D eigenvalue weighted by molar-refractivity contribution is 6.30. The van der Waals surface area contributed by atoms with E-state index in [9.17, 15) is 9.18 Å². The van der Waals surface area contributed by atoms with Crippen molar-refractivity contribution < 1.29 is 13.7 Å². The quantitative estimate of drug-likeness (QED) is 0.618. The van der Waals surface area contributed by atoms with E-state index in [0.717, 1.165) is 18.5 Å². The molecule has 30 heavy (non-hydrogen) atoms. The number of hydrogen-bond donors (Lipinski definition) is 0. The van der Waals surface area contributed by atoms with E-state index in [2.05, 4.69) is 15.0 Å². The van der Waals surface area contributed by atoms with Crippen LogP contribution in [0, 0.1) is 5.82 Å². The Morgan fingerprint density at radius 3 is 2.73 bits per heavy atom. The maximum Gasteiger partial charge on any atom is 0.241 e. The van der Waals surface area contributed by atoms with Crippen LogP contribution in [0.5, 0.6) is 0 Å². The zero-order chi connectivity index (χ0) is 20.9. The number of amides is 1. The van der Waals surface area contributed by atoms with E-state index in [1.165, 1.54) is 12.1 Å². The molecular formula is C22H22ClFN4O2. The standard InChI is InChI=1S/C22H22ClFN4O2/c23-18-7-5-17(6-8-18)22-25-20(30-26-22)15-27-9-2-10-28(12-11-27)21(29)14-16-3-1-4-19(24)13-16/h1,3-8,13H,2,9-12,14-15H2. The van der Waals surface area contributed by atoms with Gasteiger partial charge in [-0.2, -0.15) is 4.98 Å². The number of carbonyl (C=O) groups is 1. The van der Waals surface area contributed by atoms with E-state index in [4.69, 9.17) is 16.1 Å². The zero-order valence-corrected chi connectivity index (χ0v) is 17.2. The number of benzene rings is 2. The second kappa shape index (κ2) is 9.36. The van der Waals surface area contributed by atoms with Gasteiger partial charge in [0.2, 0.25) is 17.6 Å². The molecule has 3 aromatic rings. The lowest BCUT2D eigenvalue weighted by molar-refractivity contribution is -0.130. The maximum absolute atomic E-state index is 13.4. The normalized spacial score (nSPS) is 15.2. The van der Waals surface area contributed by atoms with Gasteiger partial charge in [0.05, 0.1) is 13.0 Å². The summed E-state index contributed by atoms with van der Waals surface area (Å²) in [6.07, 6.45) is 1.07. The number of rotatable bonds is 5. The van der Waals surface area contributed by atoms with Gasteiger partial charge in [-0.3, -0.25) is 9.69 Å². The van der Waals surface area contributed by atoms with E-state index in [0.29, 0.717) is 48.5 Å². The second-order valence-corrected chi connectivity index (χ2v) is 7.77. The molecule has 2 aromatic carbocycles. The molecule has 8 heteroatoms. The summed E-state index contributed by atoms with van der Waals surface area (Å²) in [7, 11) is 0. The van der Waals surface area contributed by atoms with Crippen LogP contribution < -0.4 is 0 Å². The zero-order valence-electron chi connectivity index (χ0n) is 16.4. The van der Waals surface area contributed by atoms with Gasteiger partial charge in [0.25, 0.3) is 0 Å². The van der Waals surface area contributed by atoms with Crippen molar-refractivity contribution in [2.45, 2.75) is 19.4 Å². The third-order valence-electron chi connectivity index (χ3n) is 5.11. The van der Waals surface area contributed by atoms with Crippen LogP contribution in [0.25, 0.3) is 11.4 Å². The smallest absolute Gasteiger partial charge is 0.241 e. The van der Waals surface area contributed by atoms with Gasteiger partial charge in [-0.1, -0.05) is 28.9 Å². The van der Waals surface area contributed by atoms with Gasteiger partial charge >= 0.3 is 0 Å². The highest BCUT2D eigenvalue weighted by atomic mass is 35.5. The van der Waals surface area contributed by atoms with Gasteiger partial charge in [0, 0.05) is 36.8 Å². The van der Waals surface area contributed by atoms with Crippen LogP contribution in [0.2, 0.25) is 5.02 Å². The van der Waals surface area contributed by atoms with Crippen LogP contribution in [-0.4, -0.2) is 52.0 Å².